The molecule has 2 aliphatic rings. The second-order valence-corrected chi connectivity index (χ2v) is 6.34. The van der Waals surface area contributed by atoms with Gasteiger partial charge in [0.2, 0.25) is 5.91 Å². The lowest BCUT2D eigenvalue weighted by atomic mass is 9.74. The molecule has 1 saturated heterocycles. The SMILES string of the molecule is CN(C(=O)C1(C#N)CCCCC1)C1CCSC1. The number of nitrogens with zero attached hydrogens (tertiary/aromatic N) is 2. The quantitative estimate of drug-likeness (QED) is 0.758. The van der Waals surface area contributed by atoms with Crippen LogP contribution in [-0.4, -0.2) is 35.4 Å². The lowest BCUT2D eigenvalue weighted by Gasteiger charge is -2.35. The van der Waals surface area contributed by atoms with Crippen molar-refractivity contribution >= 4 is 17.7 Å². The molecule has 0 bridgehead atoms. The fraction of sp³-hybridized carbons (Fsp3) is 0.846. The average Bonchev–Trinajstić information content (AvgIpc) is 2.91. The third kappa shape index (κ3) is 2.44. The lowest BCUT2D eigenvalue weighted by molar-refractivity contribution is -0.140. The highest BCUT2D eigenvalue weighted by Gasteiger charge is 2.43. The topological polar surface area (TPSA) is 44.1 Å². The summed E-state index contributed by atoms with van der Waals surface area (Å²) in [6.45, 7) is 0. The molecule has 2 rings (SSSR count). The largest absolute Gasteiger partial charge is 0.341 e. The highest BCUT2D eigenvalue weighted by molar-refractivity contribution is 7.99. The Morgan fingerprint density at radius 1 is 1.41 bits per heavy atom. The molecule has 0 spiro atoms. The van der Waals surface area contributed by atoms with Gasteiger partial charge in [-0.05, 0) is 25.0 Å². The minimum absolute atomic E-state index is 0.0761. The Bertz CT molecular complexity index is 325. The van der Waals surface area contributed by atoms with Crippen LogP contribution in [0.15, 0.2) is 0 Å². The molecule has 2 fully saturated rings. The number of amides is 1. The average molecular weight is 252 g/mol. The molecule has 0 aromatic carbocycles. The fourth-order valence-corrected chi connectivity index (χ4v) is 4.13. The summed E-state index contributed by atoms with van der Waals surface area (Å²) in [4.78, 5) is 14.4. The highest BCUT2D eigenvalue weighted by Crippen LogP contribution is 2.38. The number of nitriles is 1. The molecule has 3 nitrogen and oxygen atoms in total. The van der Waals surface area contributed by atoms with Crippen molar-refractivity contribution in [2.24, 2.45) is 5.41 Å². The molecule has 4 heteroatoms. The van der Waals surface area contributed by atoms with E-state index >= 15 is 0 Å². The van der Waals surface area contributed by atoms with Crippen LogP contribution in [0, 0.1) is 16.7 Å². The van der Waals surface area contributed by atoms with E-state index in [1.807, 2.05) is 23.7 Å². The van der Waals surface area contributed by atoms with E-state index < -0.39 is 5.41 Å². The van der Waals surface area contributed by atoms with Crippen LogP contribution in [0.4, 0.5) is 0 Å². The first-order valence-corrected chi connectivity index (χ1v) is 7.61. The van der Waals surface area contributed by atoms with Crippen LogP contribution >= 0.6 is 11.8 Å². The molecule has 0 aromatic rings. The predicted octanol–water partition coefficient (Wildman–Crippen LogP) is 2.42. The molecule has 0 radical (unpaired) electrons. The van der Waals surface area contributed by atoms with Gasteiger partial charge >= 0.3 is 0 Å². The van der Waals surface area contributed by atoms with E-state index in [-0.39, 0.29) is 5.91 Å². The van der Waals surface area contributed by atoms with Crippen LogP contribution < -0.4 is 0 Å². The molecule has 1 saturated carbocycles. The van der Waals surface area contributed by atoms with E-state index in [4.69, 9.17) is 0 Å². The number of hydrogen-bond acceptors (Lipinski definition) is 3. The first kappa shape index (κ1) is 12.8. The molecule has 1 atom stereocenters. The number of rotatable bonds is 2. The van der Waals surface area contributed by atoms with Gasteiger partial charge in [-0.15, -0.1) is 0 Å². The van der Waals surface area contributed by atoms with Gasteiger partial charge in [-0.25, -0.2) is 0 Å². The van der Waals surface area contributed by atoms with Gasteiger partial charge in [-0.3, -0.25) is 4.79 Å². The molecule has 1 amide bonds. The van der Waals surface area contributed by atoms with E-state index in [2.05, 4.69) is 6.07 Å². The zero-order valence-corrected chi connectivity index (χ0v) is 11.3. The van der Waals surface area contributed by atoms with Gasteiger partial charge in [0, 0.05) is 18.8 Å². The van der Waals surface area contributed by atoms with Gasteiger partial charge in [0.1, 0.15) is 5.41 Å². The summed E-state index contributed by atoms with van der Waals surface area (Å²) in [5.74, 6) is 2.25. The maximum Gasteiger partial charge on any atom is 0.243 e. The second kappa shape index (κ2) is 5.30. The van der Waals surface area contributed by atoms with Gasteiger partial charge in [0.15, 0.2) is 0 Å². The number of carbonyl (C=O) groups excluding carboxylic acids is 1. The van der Waals surface area contributed by atoms with Crippen molar-refractivity contribution < 1.29 is 4.79 Å². The van der Waals surface area contributed by atoms with Gasteiger partial charge in [0.05, 0.1) is 6.07 Å². The van der Waals surface area contributed by atoms with Crippen molar-refractivity contribution in [1.82, 2.24) is 4.90 Å². The highest BCUT2D eigenvalue weighted by atomic mass is 32.2. The Morgan fingerprint density at radius 3 is 2.65 bits per heavy atom. The number of carbonyl (C=O) groups is 1. The Labute approximate surface area is 108 Å². The maximum atomic E-state index is 12.5. The van der Waals surface area contributed by atoms with Gasteiger partial charge in [-0.2, -0.15) is 17.0 Å². The standard InChI is InChI=1S/C13H20N2OS/c1-15(11-5-8-17-9-11)12(16)13(10-14)6-3-2-4-7-13/h11H,2-9H2,1H3. The van der Waals surface area contributed by atoms with Crippen LogP contribution in [-0.2, 0) is 4.79 Å². The van der Waals surface area contributed by atoms with Crippen molar-refractivity contribution in [2.75, 3.05) is 18.6 Å². The number of thioether (sulfide) groups is 1. The molecule has 94 valence electrons. The van der Waals surface area contributed by atoms with Crippen LogP contribution in [0.3, 0.4) is 0 Å². The molecule has 1 unspecified atom stereocenters. The van der Waals surface area contributed by atoms with Crippen molar-refractivity contribution in [3.05, 3.63) is 0 Å². The third-order valence-corrected chi connectivity index (χ3v) is 5.25. The summed E-state index contributed by atoms with van der Waals surface area (Å²) in [5.41, 5.74) is -0.708. The summed E-state index contributed by atoms with van der Waals surface area (Å²) in [6.07, 6.45) is 5.80. The molecule has 1 aliphatic heterocycles. The minimum Gasteiger partial charge on any atom is -0.341 e. The van der Waals surface area contributed by atoms with E-state index in [0.717, 1.165) is 43.6 Å². The van der Waals surface area contributed by atoms with Gasteiger partial charge in [-0.1, -0.05) is 19.3 Å². The van der Waals surface area contributed by atoms with Crippen molar-refractivity contribution in [3.8, 4) is 6.07 Å². The van der Waals surface area contributed by atoms with Crippen molar-refractivity contribution in [1.29, 1.82) is 5.26 Å². The summed E-state index contributed by atoms with van der Waals surface area (Å²) in [6, 6.07) is 2.67. The van der Waals surface area contributed by atoms with E-state index in [9.17, 15) is 10.1 Å². The Morgan fingerprint density at radius 2 is 2.12 bits per heavy atom. The van der Waals surface area contributed by atoms with Crippen molar-refractivity contribution in [3.63, 3.8) is 0 Å². The van der Waals surface area contributed by atoms with Gasteiger partial charge < -0.3 is 4.90 Å². The van der Waals surface area contributed by atoms with Crippen LogP contribution in [0.1, 0.15) is 38.5 Å². The van der Waals surface area contributed by atoms with Crippen LogP contribution in [0.25, 0.3) is 0 Å². The maximum absolute atomic E-state index is 12.5. The molecular weight excluding hydrogens is 232 g/mol. The fourth-order valence-electron chi connectivity index (χ4n) is 2.86. The smallest absolute Gasteiger partial charge is 0.243 e. The molecule has 1 aliphatic carbocycles. The third-order valence-electron chi connectivity index (χ3n) is 4.10. The predicted molar refractivity (Wildman–Crippen MR) is 69.6 cm³/mol. The van der Waals surface area contributed by atoms with Gasteiger partial charge in [0.25, 0.3) is 0 Å². The summed E-state index contributed by atoms with van der Waals surface area (Å²) < 4.78 is 0. The second-order valence-electron chi connectivity index (χ2n) is 5.19. The van der Waals surface area contributed by atoms with Crippen LogP contribution in [0.2, 0.25) is 0 Å². The summed E-state index contributed by atoms with van der Waals surface area (Å²) >= 11 is 1.90. The molecular formula is C13H20N2OS. The van der Waals surface area contributed by atoms with E-state index in [1.54, 1.807) is 0 Å². The molecule has 0 N–H and O–H groups in total. The monoisotopic (exact) mass is 252 g/mol. The normalized spacial score (nSPS) is 27.4. The molecule has 0 aromatic heterocycles. The Balaban J connectivity index is 2.08. The zero-order chi connectivity index (χ0) is 12.3. The minimum atomic E-state index is -0.708. The number of hydrogen-bond donors (Lipinski definition) is 0. The first-order chi connectivity index (χ1) is 8.19. The Hall–Kier alpha value is -0.690. The molecule has 17 heavy (non-hydrogen) atoms. The van der Waals surface area contributed by atoms with Crippen molar-refractivity contribution in [2.45, 2.75) is 44.6 Å². The van der Waals surface area contributed by atoms with E-state index in [0.29, 0.717) is 6.04 Å². The first-order valence-electron chi connectivity index (χ1n) is 6.46. The lowest BCUT2D eigenvalue weighted by Crippen LogP contribution is -2.47. The zero-order valence-electron chi connectivity index (χ0n) is 10.4. The summed E-state index contributed by atoms with van der Waals surface area (Å²) in [7, 11) is 1.88. The Kier molecular flexibility index (Phi) is 3.98. The van der Waals surface area contributed by atoms with Crippen LogP contribution in [0.5, 0.6) is 0 Å². The molecule has 1 heterocycles. The summed E-state index contributed by atoms with van der Waals surface area (Å²) in [5, 5.41) is 9.40. The van der Waals surface area contributed by atoms with E-state index in [1.165, 1.54) is 6.42 Å².